The molecule has 0 spiro atoms. The van der Waals surface area contributed by atoms with Crippen LogP contribution >= 0.6 is 0 Å². The molecule has 0 saturated carbocycles. The minimum atomic E-state index is -3.78. The average molecular weight is 307 g/mol. The fraction of sp³-hybridized carbons (Fsp3) is 0.214. The molecule has 112 valence electrons. The van der Waals surface area contributed by atoms with Gasteiger partial charge in [-0.05, 0) is 36.2 Å². The molecule has 2 N–H and O–H groups in total. The lowest BCUT2D eigenvalue weighted by molar-refractivity contribution is 0.0937. The normalized spacial score (nSPS) is 11.3. The molecule has 1 amide bonds. The van der Waals surface area contributed by atoms with E-state index in [2.05, 4.69) is 10.3 Å². The van der Waals surface area contributed by atoms with E-state index in [0.717, 1.165) is 12.0 Å². The van der Waals surface area contributed by atoms with E-state index in [4.69, 9.17) is 0 Å². The summed E-state index contributed by atoms with van der Waals surface area (Å²) in [5.41, 5.74) is 3.60. The molecule has 0 aliphatic rings. The highest BCUT2D eigenvalue weighted by Crippen LogP contribution is 2.10. The molecule has 0 unspecified atom stereocenters. The van der Waals surface area contributed by atoms with Crippen LogP contribution in [-0.4, -0.2) is 18.9 Å². The number of amides is 1. The van der Waals surface area contributed by atoms with Crippen molar-refractivity contribution in [2.24, 2.45) is 7.05 Å². The minimum absolute atomic E-state index is 0.104. The first-order chi connectivity index (χ1) is 9.94. The molecule has 0 radical (unpaired) electrons. The third-order valence-electron chi connectivity index (χ3n) is 3.12. The summed E-state index contributed by atoms with van der Waals surface area (Å²) in [6, 6.07) is 9.80. The summed E-state index contributed by atoms with van der Waals surface area (Å²) < 4.78 is 25.7. The van der Waals surface area contributed by atoms with Gasteiger partial charge in [0, 0.05) is 13.2 Å². The summed E-state index contributed by atoms with van der Waals surface area (Å²) in [6.45, 7) is 1.99. The standard InChI is InChI=1S/C14H17N3O3S/c1-3-11-6-8-12(9-7-11)21(19,20)16-15-14(18)13-5-4-10-17(13)2/h4-10,16H,3H2,1-2H3,(H,15,18). The highest BCUT2D eigenvalue weighted by atomic mass is 32.2. The van der Waals surface area contributed by atoms with Crippen molar-refractivity contribution < 1.29 is 13.2 Å². The van der Waals surface area contributed by atoms with Crippen LogP contribution in [0.2, 0.25) is 0 Å². The molecule has 0 aliphatic heterocycles. The van der Waals surface area contributed by atoms with Crippen molar-refractivity contribution in [3.63, 3.8) is 0 Å². The van der Waals surface area contributed by atoms with Gasteiger partial charge in [0.05, 0.1) is 4.90 Å². The zero-order valence-corrected chi connectivity index (χ0v) is 12.6. The maximum Gasteiger partial charge on any atom is 0.282 e. The number of sulfonamides is 1. The number of carbonyl (C=O) groups is 1. The van der Waals surface area contributed by atoms with Crippen LogP contribution < -0.4 is 10.3 Å². The second kappa shape index (κ2) is 6.11. The average Bonchev–Trinajstić information content (AvgIpc) is 2.91. The summed E-state index contributed by atoms with van der Waals surface area (Å²) in [6.07, 6.45) is 2.53. The van der Waals surface area contributed by atoms with Gasteiger partial charge in [-0.3, -0.25) is 10.2 Å². The number of nitrogens with zero attached hydrogens (tertiary/aromatic N) is 1. The van der Waals surface area contributed by atoms with Gasteiger partial charge in [-0.1, -0.05) is 19.1 Å². The van der Waals surface area contributed by atoms with Gasteiger partial charge in [-0.25, -0.2) is 8.42 Å². The van der Waals surface area contributed by atoms with E-state index in [9.17, 15) is 13.2 Å². The first kappa shape index (κ1) is 15.3. The molecule has 2 aromatic rings. The molecule has 1 heterocycles. The summed E-state index contributed by atoms with van der Waals surface area (Å²) in [4.78, 5) is 14.0. The molecule has 2 rings (SSSR count). The summed E-state index contributed by atoms with van der Waals surface area (Å²) in [5.74, 6) is -0.517. The van der Waals surface area contributed by atoms with Gasteiger partial charge >= 0.3 is 0 Å². The fourth-order valence-corrected chi connectivity index (χ4v) is 2.68. The van der Waals surface area contributed by atoms with Crippen LogP contribution in [0, 0.1) is 0 Å². The Labute approximate surface area is 123 Å². The van der Waals surface area contributed by atoms with Crippen molar-refractivity contribution in [1.29, 1.82) is 0 Å². The summed E-state index contributed by atoms with van der Waals surface area (Å²) in [7, 11) is -2.07. The topological polar surface area (TPSA) is 80.2 Å². The smallest absolute Gasteiger partial charge is 0.282 e. The quantitative estimate of drug-likeness (QED) is 0.815. The third kappa shape index (κ3) is 3.50. The van der Waals surface area contributed by atoms with Gasteiger partial charge in [0.25, 0.3) is 15.9 Å². The zero-order chi connectivity index (χ0) is 15.5. The van der Waals surface area contributed by atoms with Crippen molar-refractivity contribution in [2.45, 2.75) is 18.2 Å². The number of aromatic nitrogens is 1. The van der Waals surface area contributed by atoms with E-state index in [0.29, 0.717) is 5.69 Å². The Hall–Kier alpha value is -2.12. The van der Waals surface area contributed by atoms with Crippen LogP contribution in [0.1, 0.15) is 23.0 Å². The molecule has 1 aromatic heterocycles. The maximum absolute atomic E-state index is 12.1. The van der Waals surface area contributed by atoms with Crippen molar-refractivity contribution in [3.05, 3.63) is 53.9 Å². The molecule has 21 heavy (non-hydrogen) atoms. The first-order valence-corrected chi connectivity index (χ1v) is 7.95. The number of nitrogens with one attached hydrogen (secondary N) is 2. The second-order valence-corrected chi connectivity index (χ2v) is 6.24. The van der Waals surface area contributed by atoms with Gasteiger partial charge in [-0.15, -0.1) is 4.83 Å². The monoisotopic (exact) mass is 307 g/mol. The largest absolute Gasteiger partial charge is 0.347 e. The Morgan fingerprint density at radius 1 is 1.19 bits per heavy atom. The molecule has 0 aliphatic carbocycles. The Kier molecular flexibility index (Phi) is 4.44. The highest BCUT2D eigenvalue weighted by molar-refractivity contribution is 7.89. The van der Waals surface area contributed by atoms with E-state index >= 15 is 0 Å². The van der Waals surface area contributed by atoms with Crippen LogP contribution in [-0.2, 0) is 23.5 Å². The Balaban J connectivity index is 2.07. The lowest BCUT2D eigenvalue weighted by atomic mass is 10.2. The maximum atomic E-state index is 12.1. The number of carbonyl (C=O) groups excluding carboxylic acids is 1. The molecule has 7 heteroatoms. The number of hydrazine groups is 1. The van der Waals surface area contributed by atoms with Crippen molar-refractivity contribution in [2.75, 3.05) is 0 Å². The molecule has 0 atom stereocenters. The van der Waals surface area contributed by atoms with Crippen molar-refractivity contribution in [3.8, 4) is 0 Å². The van der Waals surface area contributed by atoms with Crippen LogP contribution in [0.3, 0.4) is 0 Å². The molecule has 0 bridgehead atoms. The van der Waals surface area contributed by atoms with Crippen LogP contribution in [0.4, 0.5) is 0 Å². The second-order valence-electron chi connectivity index (χ2n) is 4.56. The predicted octanol–water partition coefficient (Wildman–Crippen LogP) is 1.21. The number of aryl methyl sites for hydroxylation is 2. The van der Waals surface area contributed by atoms with Crippen LogP contribution in [0.25, 0.3) is 0 Å². The van der Waals surface area contributed by atoms with Crippen molar-refractivity contribution >= 4 is 15.9 Å². The summed E-state index contributed by atoms with van der Waals surface area (Å²) >= 11 is 0. The Morgan fingerprint density at radius 2 is 1.86 bits per heavy atom. The van der Waals surface area contributed by atoms with Crippen molar-refractivity contribution in [1.82, 2.24) is 14.8 Å². The predicted molar refractivity (Wildman–Crippen MR) is 79.0 cm³/mol. The first-order valence-electron chi connectivity index (χ1n) is 6.46. The summed E-state index contributed by atoms with van der Waals surface area (Å²) in [5, 5.41) is 0. The minimum Gasteiger partial charge on any atom is -0.347 e. The van der Waals surface area contributed by atoms with Gasteiger partial charge in [-0.2, -0.15) is 0 Å². The third-order valence-corrected chi connectivity index (χ3v) is 4.38. The van der Waals surface area contributed by atoms with E-state index < -0.39 is 15.9 Å². The van der Waals surface area contributed by atoms with Crippen LogP contribution in [0.15, 0.2) is 47.5 Å². The Morgan fingerprint density at radius 3 is 2.38 bits per heavy atom. The fourth-order valence-electron chi connectivity index (χ4n) is 1.84. The zero-order valence-electron chi connectivity index (χ0n) is 11.8. The number of hydrogen-bond donors (Lipinski definition) is 2. The van der Waals surface area contributed by atoms with E-state index in [1.54, 1.807) is 42.1 Å². The van der Waals surface area contributed by atoms with E-state index in [1.165, 1.54) is 12.1 Å². The molecular formula is C14H17N3O3S. The number of hydrogen-bond acceptors (Lipinski definition) is 3. The molecular weight excluding hydrogens is 290 g/mol. The number of rotatable bonds is 5. The van der Waals surface area contributed by atoms with Gasteiger partial charge in [0.2, 0.25) is 0 Å². The van der Waals surface area contributed by atoms with Gasteiger partial charge in [0.1, 0.15) is 5.69 Å². The van der Waals surface area contributed by atoms with E-state index in [1.807, 2.05) is 6.92 Å². The van der Waals surface area contributed by atoms with Gasteiger partial charge < -0.3 is 4.57 Å². The molecule has 0 saturated heterocycles. The van der Waals surface area contributed by atoms with Crippen LogP contribution in [0.5, 0.6) is 0 Å². The lowest BCUT2D eigenvalue weighted by Gasteiger charge is -2.09. The Bertz CT molecular complexity index is 733. The molecule has 1 aromatic carbocycles. The SMILES string of the molecule is CCc1ccc(S(=O)(=O)NNC(=O)c2cccn2C)cc1. The van der Waals surface area contributed by atoms with Gasteiger partial charge in [0.15, 0.2) is 0 Å². The molecule has 6 nitrogen and oxygen atoms in total. The number of benzene rings is 1. The lowest BCUT2D eigenvalue weighted by Crippen LogP contribution is -2.42. The molecule has 0 fully saturated rings. The van der Waals surface area contributed by atoms with E-state index in [-0.39, 0.29) is 4.90 Å². The highest BCUT2D eigenvalue weighted by Gasteiger charge is 2.16.